The standard InChI is InChI=1S/C30H23ClFN3O3S/c31-22-10-12-23(13-11-22)33-28(36)19-39-25-16-14-24(15-17-25)34-30(38)27(18-21-8-4-5-9-26(21)32)35-29(37)20-6-2-1-3-7-20/h1-18H,19H2,(H,33,36)(H,34,38)(H,35,37)/b27-18-. The summed E-state index contributed by atoms with van der Waals surface area (Å²) in [4.78, 5) is 38.9. The second-order valence-corrected chi connectivity index (χ2v) is 9.71. The topological polar surface area (TPSA) is 87.3 Å². The molecular weight excluding hydrogens is 537 g/mol. The minimum absolute atomic E-state index is 0.119. The second-order valence-electron chi connectivity index (χ2n) is 8.22. The van der Waals surface area contributed by atoms with Crippen LogP contribution < -0.4 is 16.0 Å². The number of carbonyl (C=O) groups excluding carboxylic acids is 3. The van der Waals surface area contributed by atoms with Gasteiger partial charge >= 0.3 is 0 Å². The van der Waals surface area contributed by atoms with E-state index in [0.717, 1.165) is 4.90 Å². The number of rotatable bonds is 9. The number of thioether (sulfide) groups is 1. The van der Waals surface area contributed by atoms with Crippen LogP contribution in [0.2, 0.25) is 5.02 Å². The maximum absolute atomic E-state index is 14.3. The van der Waals surface area contributed by atoms with Crippen LogP contribution >= 0.6 is 23.4 Å². The number of amides is 3. The fraction of sp³-hybridized carbons (Fsp3) is 0.0333. The highest BCUT2D eigenvalue weighted by Gasteiger charge is 2.16. The third-order valence-electron chi connectivity index (χ3n) is 5.34. The van der Waals surface area contributed by atoms with Gasteiger partial charge < -0.3 is 16.0 Å². The van der Waals surface area contributed by atoms with Crippen molar-refractivity contribution in [3.8, 4) is 0 Å². The van der Waals surface area contributed by atoms with Crippen molar-refractivity contribution in [2.75, 3.05) is 16.4 Å². The number of benzene rings is 4. The fourth-order valence-corrected chi connectivity index (χ4v) is 4.23. The molecule has 0 aliphatic heterocycles. The van der Waals surface area contributed by atoms with Crippen molar-refractivity contribution in [3.63, 3.8) is 0 Å². The minimum atomic E-state index is -0.620. The molecule has 196 valence electrons. The smallest absolute Gasteiger partial charge is 0.272 e. The first-order valence-corrected chi connectivity index (χ1v) is 13.2. The molecule has 0 saturated carbocycles. The van der Waals surface area contributed by atoms with Crippen LogP contribution in [-0.4, -0.2) is 23.5 Å². The zero-order chi connectivity index (χ0) is 27.6. The van der Waals surface area contributed by atoms with Crippen molar-refractivity contribution < 1.29 is 18.8 Å². The summed E-state index contributed by atoms with van der Waals surface area (Å²) in [5, 5.41) is 8.69. The molecule has 4 rings (SSSR count). The first-order valence-electron chi connectivity index (χ1n) is 11.8. The Morgan fingerprint density at radius 1 is 0.769 bits per heavy atom. The zero-order valence-corrected chi connectivity index (χ0v) is 22.1. The van der Waals surface area contributed by atoms with Crippen molar-refractivity contribution in [2.24, 2.45) is 0 Å². The Bertz CT molecular complexity index is 1490. The maximum Gasteiger partial charge on any atom is 0.272 e. The van der Waals surface area contributed by atoms with E-state index < -0.39 is 17.6 Å². The molecule has 0 aliphatic carbocycles. The van der Waals surface area contributed by atoms with Gasteiger partial charge in [0.25, 0.3) is 11.8 Å². The van der Waals surface area contributed by atoms with E-state index in [-0.39, 0.29) is 22.9 Å². The zero-order valence-electron chi connectivity index (χ0n) is 20.5. The van der Waals surface area contributed by atoms with Crippen LogP contribution in [0.4, 0.5) is 15.8 Å². The second kappa shape index (κ2) is 13.4. The van der Waals surface area contributed by atoms with Crippen LogP contribution in [0.25, 0.3) is 6.08 Å². The molecule has 3 N–H and O–H groups in total. The van der Waals surface area contributed by atoms with E-state index in [0.29, 0.717) is 22.0 Å². The Kier molecular flexibility index (Phi) is 9.50. The highest BCUT2D eigenvalue weighted by molar-refractivity contribution is 8.00. The Morgan fingerprint density at radius 2 is 1.38 bits per heavy atom. The molecule has 39 heavy (non-hydrogen) atoms. The average Bonchev–Trinajstić information content (AvgIpc) is 2.95. The van der Waals surface area contributed by atoms with Gasteiger partial charge in [0, 0.05) is 32.4 Å². The van der Waals surface area contributed by atoms with Crippen molar-refractivity contribution in [2.45, 2.75) is 4.90 Å². The third kappa shape index (κ3) is 8.29. The van der Waals surface area contributed by atoms with Crippen LogP contribution in [0.15, 0.2) is 114 Å². The van der Waals surface area contributed by atoms with Crippen LogP contribution in [0.1, 0.15) is 15.9 Å². The van der Waals surface area contributed by atoms with E-state index >= 15 is 0 Å². The molecule has 4 aromatic carbocycles. The Labute approximate surface area is 234 Å². The fourth-order valence-electron chi connectivity index (χ4n) is 3.40. The predicted molar refractivity (Wildman–Crippen MR) is 154 cm³/mol. The number of hydrogen-bond acceptors (Lipinski definition) is 4. The molecule has 0 unspecified atom stereocenters. The van der Waals surface area contributed by atoms with Crippen LogP contribution in [0.3, 0.4) is 0 Å². The molecular formula is C30H23ClFN3O3S. The highest BCUT2D eigenvalue weighted by Crippen LogP contribution is 2.22. The Balaban J connectivity index is 1.40. The summed E-state index contributed by atoms with van der Waals surface area (Å²) >= 11 is 7.19. The minimum Gasteiger partial charge on any atom is -0.325 e. The highest BCUT2D eigenvalue weighted by atomic mass is 35.5. The summed E-state index contributed by atoms with van der Waals surface area (Å²) in [6, 6.07) is 28.1. The van der Waals surface area contributed by atoms with Gasteiger partial charge in [0.1, 0.15) is 11.5 Å². The van der Waals surface area contributed by atoms with Crippen molar-refractivity contribution in [3.05, 3.63) is 131 Å². The normalized spacial score (nSPS) is 11.0. The SMILES string of the molecule is O=C(CSc1ccc(NC(=O)/C(=C/c2ccccc2F)NC(=O)c2ccccc2)cc1)Nc1ccc(Cl)cc1. The molecule has 4 aromatic rings. The summed E-state index contributed by atoms with van der Waals surface area (Å²) in [6.45, 7) is 0. The van der Waals surface area contributed by atoms with Gasteiger partial charge in [-0.3, -0.25) is 14.4 Å². The summed E-state index contributed by atoms with van der Waals surface area (Å²) in [7, 11) is 0. The van der Waals surface area contributed by atoms with Crippen molar-refractivity contribution in [1.29, 1.82) is 0 Å². The van der Waals surface area contributed by atoms with Crippen LogP contribution in [0, 0.1) is 5.82 Å². The lowest BCUT2D eigenvalue weighted by atomic mass is 10.1. The van der Waals surface area contributed by atoms with Crippen LogP contribution in [0.5, 0.6) is 0 Å². The van der Waals surface area contributed by atoms with E-state index in [1.54, 1.807) is 84.9 Å². The van der Waals surface area contributed by atoms with Crippen LogP contribution in [-0.2, 0) is 9.59 Å². The van der Waals surface area contributed by atoms with Gasteiger partial charge in [0.05, 0.1) is 5.75 Å². The lowest BCUT2D eigenvalue weighted by Gasteiger charge is -2.12. The summed E-state index contributed by atoms with van der Waals surface area (Å²) in [5.41, 5.74) is 1.50. The van der Waals surface area contributed by atoms with E-state index in [1.165, 1.54) is 36.0 Å². The van der Waals surface area contributed by atoms with E-state index in [2.05, 4.69) is 16.0 Å². The maximum atomic E-state index is 14.3. The van der Waals surface area contributed by atoms with Crippen molar-refractivity contribution in [1.82, 2.24) is 5.32 Å². The molecule has 0 spiro atoms. The third-order valence-corrected chi connectivity index (χ3v) is 6.61. The number of nitrogens with one attached hydrogen (secondary N) is 3. The molecule has 0 fully saturated rings. The molecule has 0 saturated heterocycles. The summed E-state index contributed by atoms with van der Waals surface area (Å²) in [6.07, 6.45) is 1.29. The average molecular weight is 560 g/mol. The quantitative estimate of drug-likeness (QED) is 0.159. The lowest BCUT2D eigenvalue weighted by Crippen LogP contribution is -2.30. The Hall–Kier alpha value is -4.40. The van der Waals surface area contributed by atoms with Gasteiger partial charge in [-0.1, -0.05) is 48.0 Å². The largest absolute Gasteiger partial charge is 0.325 e. The van der Waals surface area contributed by atoms with Gasteiger partial charge in [0.2, 0.25) is 5.91 Å². The Morgan fingerprint density at radius 3 is 2.08 bits per heavy atom. The van der Waals surface area contributed by atoms with Gasteiger partial charge in [-0.25, -0.2) is 4.39 Å². The lowest BCUT2D eigenvalue weighted by molar-refractivity contribution is -0.114. The molecule has 3 amide bonds. The first-order chi connectivity index (χ1) is 18.9. The van der Waals surface area contributed by atoms with Gasteiger partial charge in [-0.2, -0.15) is 0 Å². The molecule has 0 atom stereocenters. The molecule has 0 aromatic heterocycles. The van der Waals surface area contributed by atoms with Gasteiger partial charge in [-0.05, 0) is 72.8 Å². The number of anilines is 2. The summed E-state index contributed by atoms with van der Waals surface area (Å²) < 4.78 is 14.3. The summed E-state index contributed by atoms with van der Waals surface area (Å²) in [5.74, 6) is -1.63. The van der Waals surface area contributed by atoms with Crippen molar-refractivity contribution >= 4 is 58.5 Å². The molecule has 0 radical (unpaired) electrons. The molecule has 0 bridgehead atoms. The number of carbonyl (C=O) groups is 3. The number of halogens is 2. The number of hydrogen-bond donors (Lipinski definition) is 3. The van der Waals surface area contributed by atoms with Gasteiger partial charge in [0.15, 0.2) is 0 Å². The molecule has 0 aliphatic rings. The van der Waals surface area contributed by atoms with E-state index in [9.17, 15) is 18.8 Å². The molecule has 9 heteroatoms. The van der Waals surface area contributed by atoms with E-state index in [4.69, 9.17) is 11.6 Å². The monoisotopic (exact) mass is 559 g/mol. The van der Waals surface area contributed by atoms with Gasteiger partial charge in [-0.15, -0.1) is 11.8 Å². The molecule has 0 heterocycles. The van der Waals surface area contributed by atoms with E-state index in [1.807, 2.05) is 0 Å². The predicted octanol–water partition coefficient (Wildman–Crippen LogP) is 6.62. The molecule has 6 nitrogen and oxygen atoms in total. The first kappa shape index (κ1) is 27.6.